The van der Waals surface area contributed by atoms with Crippen molar-refractivity contribution in [2.75, 3.05) is 19.1 Å². The van der Waals surface area contributed by atoms with E-state index in [0.29, 0.717) is 5.56 Å². The monoisotopic (exact) mass is 319 g/mol. The van der Waals surface area contributed by atoms with Gasteiger partial charge in [0.15, 0.2) is 0 Å². The maximum atomic E-state index is 10.7. The normalized spacial score (nSPS) is 10.1. The molecule has 0 saturated carbocycles. The number of hydrogen-bond donors (Lipinski definition) is 0. The first-order valence-corrected chi connectivity index (χ1v) is 6.57. The number of methoxy groups -OCH3 is 1. The minimum absolute atomic E-state index is 0.648. The summed E-state index contributed by atoms with van der Waals surface area (Å²) in [6, 6.07) is 13.3. The number of hydrogen-bond acceptors (Lipinski definition) is 3. The van der Waals surface area contributed by atoms with Gasteiger partial charge in [0.25, 0.3) is 0 Å². The molecule has 0 aliphatic rings. The molecule has 0 fully saturated rings. The van der Waals surface area contributed by atoms with E-state index in [1.165, 1.54) is 0 Å². The van der Waals surface area contributed by atoms with Gasteiger partial charge in [-0.2, -0.15) is 0 Å². The van der Waals surface area contributed by atoms with E-state index in [4.69, 9.17) is 4.74 Å². The summed E-state index contributed by atoms with van der Waals surface area (Å²) in [6.45, 7) is 0. The highest BCUT2D eigenvalue weighted by Gasteiger charge is 2.09. The van der Waals surface area contributed by atoms with Gasteiger partial charge in [0.05, 0.1) is 12.8 Å². The van der Waals surface area contributed by atoms with E-state index in [2.05, 4.69) is 15.9 Å². The van der Waals surface area contributed by atoms with E-state index in [1.807, 2.05) is 42.3 Å². The highest BCUT2D eigenvalue weighted by Crippen LogP contribution is 2.32. The highest BCUT2D eigenvalue weighted by molar-refractivity contribution is 9.10. The Labute approximate surface area is 120 Å². The number of rotatable bonds is 4. The summed E-state index contributed by atoms with van der Waals surface area (Å²) in [6.07, 6.45) is 0.833. The molecule has 98 valence electrons. The third-order valence-corrected chi connectivity index (χ3v) is 3.54. The quantitative estimate of drug-likeness (QED) is 0.796. The zero-order valence-corrected chi connectivity index (χ0v) is 12.3. The van der Waals surface area contributed by atoms with E-state index < -0.39 is 0 Å². The molecule has 19 heavy (non-hydrogen) atoms. The molecule has 0 heterocycles. The summed E-state index contributed by atoms with van der Waals surface area (Å²) in [5.74, 6) is 0.810. The number of ether oxygens (including phenoxy) is 1. The van der Waals surface area contributed by atoms with Crippen LogP contribution < -0.4 is 9.64 Å². The smallest absolute Gasteiger partial charge is 0.150 e. The van der Waals surface area contributed by atoms with Gasteiger partial charge in [0, 0.05) is 28.8 Å². The lowest BCUT2D eigenvalue weighted by Crippen LogP contribution is -2.10. The summed E-state index contributed by atoms with van der Waals surface area (Å²) < 4.78 is 6.10. The van der Waals surface area contributed by atoms with Crippen molar-refractivity contribution in [3.05, 3.63) is 52.5 Å². The summed E-state index contributed by atoms with van der Waals surface area (Å²) >= 11 is 3.49. The SMILES string of the molecule is COc1cccc(N(C)c2ccc(C=O)cc2Br)c1. The van der Waals surface area contributed by atoms with Crippen LogP contribution in [0.4, 0.5) is 11.4 Å². The zero-order chi connectivity index (χ0) is 13.8. The molecule has 2 aromatic carbocycles. The molecule has 0 spiro atoms. The Morgan fingerprint density at radius 1 is 1.21 bits per heavy atom. The highest BCUT2D eigenvalue weighted by atomic mass is 79.9. The fourth-order valence-corrected chi connectivity index (χ4v) is 2.49. The molecule has 0 bridgehead atoms. The number of carbonyl (C=O) groups excluding carboxylic acids is 1. The van der Waals surface area contributed by atoms with E-state index in [9.17, 15) is 4.79 Å². The number of benzene rings is 2. The fourth-order valence-electron chi connectivity index (χ4n) is 1.83. The van der Waals surface area contributed by atoms with Gasteiger partial charge in [0.1, 0.15) is 12.0 Å². The van der Waals surface area contributed by atoms with Crippen molar-refractivity contribution in [2.24, 2.45) is 0 Å². The lowest BCUT2D eigenvalue weighted by atomic mass is 10.2. The van der Waals surface area contributed by atoms with E-state index in [0.717, 1.165) is 27.9 Å². The third-order valence-electron chi connectivity index (χ3n) is 2.91. The van der Waals surface area contributed by atoms with Crippen LogP contribution in [-0.4, -0.2) is 20.4 Å². The molecule has 0 aromatic heterocycles. The Kier molecular flexibility index (Phi) is 4.22. The lowest BCUT2D eigenvalue weighted by Gasteiger charge is -2.21. The van der Waals surface area contributed by atoms with Gasteiger partial charge < -0.3 is 9.64 Å². The molecule has 0 saturated heterocycles. The molecule has 0 aliphatic carbocycles. The maximum absolute atomic E-state index is 10.7. The van der Waals surface area contributed by atoms with Crippen molar-refractivity contribution in [1.29, 1.82) is 0 Å². The van der Waals surface area contributed by atoms with Gasteiger partial charge in [-0.1, -0.05) is 6.07 Å². The average molecular weight is 320 g/mol. The van der Waals surface area contributed by atoms with Gasteiger partial charge in [0.2, 0.25) is 0 Å². The van der Waals surface area contributed by atoms with Crippen LogP contribution in [0.3, 0.4) is 0 Å². The second-order valence-corrected chi connectivity index (χ2v) is 4.94. The minimum Gasteiger partial charge on any atom is -0.497 e. The molecule has 0 amide bonds. The average Bonchev–Trinajstić information content (AvgIpc) is 2.46. The molecular weight excluding hydrogens is 306 g/mol. The Bertz CT molecular complexity index is 598. The van der Waals surface area contributed by atoms with Gasteiger partial charge in [-0.25, -0.2) is 0 Å². The van der Waals surface area contributed by atoms with Gasteiger partial charge in [-0.05, 0) is 46.3 Å². The zero-order valence-electron chi connectivity index (χ0n) is 10.8. The van der Waals surface area contributed by atoms with Crippen LogP contribution in [0.5, 0.6) is 5.75 Å². The van der Waals surface area contributed by atoms with Crippen LogP contribution in [0.25, 0.3) is 0 Å². The van der Waals surface area contributed by atoms with Crippen LogP contribution in [0.1, 0.15) is 10.4 Å². The molecule has 2 aromatic rings. The molecule has 0 N–H and O–H groups in total. The Morgan fingerprint density at radius 2 is 2.00 bits per heavy atom. The third kappa shape index (κ3) is 2.96. The second-order valence-electron chi connectivity index (χ2n) is 4.09. The Morgan fingerprint density at radius 3 is 2.63 bits per heavy atom. The van der Waals surface area contributed by atoms with Crippen molar-refractivity contribution in [2.45, 2.75) is 0 Å². The fraction of sp³-hybridized carbons (Fsp3) is 0.133. The van der Waals surface area contributed by atoms with Gasteiger partial charge in [-0.15, -0.1) is 0 Å². The van der Waals surface area contributed by atoms with Gasteiger partial charge in [-0.3, -0.25) is 4.79 Å². The summed E-state index contributed by atoms with van der Waals surface area (Å²) in [5, 5.41) is 0. The molecule has 2 rings (SSSR count). The van der Waals surface area contributed by atoms with Crippen molar-refractivity contribution in [1.82, 2.24) is 0 Å². The van der Waals surface area contributed by atoms with Crippen LogP contribution in [0, 0.1) is 0 Å². The molecule has 0 aliphatic heterocycles. The number of aldehydes is 1. The summed E-state index contributed by atoms with van der Waals surface area (Å²) in [5.41, 5.74) is 2.65. The van der Waals surface area contributed by atoms with Crippen LogP contribution in [-0.2, 0) is 0 Å². The molecule has 4 heteroatoms. The first-order valence-electron chi connectivity index (χ1n) is 5.78. The van der Waals surface area contributed by atoms with Crippen molar-refractivity contribution >= 4 is 33.6 Å². The van der Waals surface area contributed by atoms with Crippen LogP contribution in [0.15, 0.2) is 46.9 Å². The summed E-state index contributed by atoms with van der Waals surface area (Å²) in [4.78, 5) is 12.8. The van der Waals surface area contributed by atoms with Gasteiger partial charge >= 0.3 is 0 Å². The van der Waals surface area contributed by atoms with Crippen molar-refractivity contribution in [3.8, 4) is 5.75 Å². The number of halogens is 1. The number of carbonyl (C=O) groups is 1. The predicted octanol–water partition coefficient (Wildman–Crippen LogP) is 4.04. The molecule has 3 nitrogen and oxygen atoms in total. The Balaban J connectivity index is 2.37. The maximum Gasteiger partial charge on any atom is 0.150 e. The molecule has 0 radical (unpaired) electrons. The van der Waals surface area contributed by atoms with Crippen molar-refractivity contribution < 1.29 is 9.53 Å². The topological polar surface area (TPSA) is 29.5 Å². The van der Waals surface area contributed by atoms with Crippen molar-refractivity contribution in [3.63, 3.8) is 0 Å². The van der Waals surface area contributed by atoms with Crippen LogP contribution >= 0.6 is 15.9 Å². The number of nitrogens with zero attached hydrogens (tertiary/aromatic N) is 1. The second kappa shape index (κ2) is 5.89. The Hall–Kier alpha value is -1.81. The van der Waals surface area contributed by atoms with Crippen LogP contribution in [0.2, 0.25) is 0 Å². The standard InChI is InChI=1S/C15H14BrNO2/c1-17(12-4-3-5-13(9-12)19-2)15-7-6-11(10-18)8-14(15)16/h3-10H,1-2H3. The summed E-state index contributed by atoms with van der Waals surface area (Å²) in [7, 11) is 3.61. The molecular formula is C15H14BrNO2. The minimum atomic E-state index is 0.648. The largest absolute Gasteiger partial charge is 0.497 e. The van der Waals surface area contributed by atoms with E-state index in [-0.39, 0.29) is 0 Å². The molecule has 0 unspecified atom stereocenters. The molecule has 0 atom stereocenters. The van der Waals surface area contributed by atoms with E-state index >= 15 is 0 Å². The predicted molar refractivity (Wildman–Crippen MR) is 80.6 cm³/mol. The number of anilines is 2. The lowest BCUT2D eigenvalue weighted by molar-refractivity contribution is 0.112. The first kappa shape index (κ1) is 13.6. The van der Waals surface area contributed by atoms with E-state index in [1.54, 1.807) is 19.2 Å². The first-order chi connectivity index (χ1) is 9.15.